The van der Waals surface area contributed by atoms with Crippen LogP contribution in [0.15, 0.2) is 64.6 Å². The Morgan fingerprint density at radius 2 is 1.79 bits per heavy atom. The predicted molar refractivity (Wildman–Crippen MR) is 105 cm³/mol. The van der Waals surface area contributed by atoms with Gasteiger partial charge in [-0.15, -0.1) is 0 Å². The highest BCUT2D eigenvalue weighted by atomic mass is 32.2. The molecule has 0 unspecified atom stereocenters. The van der Waals surface area contributed by atoms with Gasteiger partial charge in [-0.3, -0.25) is 4.79 Å². The average molecular weight is 352 g/mol. The number of hydrogen-bond donors (Lipinski definition) is 0. The first-order chi connectivity index (χ1) is 11.7. The van der Waals surface area contributed by atoms with Crippen LogP contribution in [0.1, 0.15) is 23.6 Å². The van der Waals surface area contributed by atoms with E-state index in [0.717, 1.165) is 17.5 Å². The van der Waals surface area contributed by atoms with Crippen molar-refractivity contribution in [3.8, 4) is 0 Å². The van der Waals surface area contributed by atoms with E-state index in [0.29, 0.717) is 9.23 Å². The molecule has 1 heterocycles. The summed E-state index contributed by atoms with van der Waals surface area (Å²) in [7, 11) is 0. The summed E-state index contributed by atoms with van der Waals surface area (Å²) in [5.74, 6) is -0.184. The summed E-state index contributed by atoms with van der Waals surface area (Å²) >= 11 is 6.56. The lowest BCUT2D eigenvalue weighted by Gasteiger charge is -2.05. The Labute approximate surface area is 151 Å². The van der Waals surface area contributed by atoms with E-state index in [-0.39, 0.29) is 5.91 Å². The Kier molecular flexibility index (Phi) is 5.23. The summed E-state index contributed by atoms with van der Waals surface area (Å²) in [5, 5.41) is 5.51. The zero-order chi connectivity index (χ0) is 16.9. The SMILES string of the molecule is CCc1ccc(/C=C2/SC(=S)N(/N=C/c3ccccc3)C2=O)cc1. The molecule has 0 aromatic heterocycles. The van der Waals surface area contributed by atoms with Gasteiger partial charge in [0.1, 0.15) is 0 Å². The van der Waals surface area contributed by atoms with Crippen molar-refractivity contribution in [2.75, 3.05) is 0 Å². The van der Waals surface area contributed by atoms with Gasteiger partial charge in [0.2, 0.25) is 0 Å². The summed E-state index contributed by atoms with van der Waals surface area (Å²) in [6, 6.07) is 17.8. The topological polar surface area (TPSA) is 32.7 Å². The Morgan fingerprint density at radius 1 is 1.08 bits per heavy atom. The summed E-state index contributed by atoms with van der Waals surface area (Å²) in [4.78, 5) is 13.1. The van der Waals surface area contributed by atoms with Crippen LogP contribution in [-0.4, -0.2) is 21.5 Å². The number of aryl methyl sites for hydroxylation is 1. The molecule has 0 radical (unpaired) electrons. The molecule has 0 N–H and O–H groups in total. The number of hydrogen-bond acceptors (Lipinski definition) is 4. The molecule has 1 saturated heterocycles. The van der Waals surface area contributed by atoms with Gasteiger partial charge in [-0.1, -0.05) is 73.3 Å². The molecular formula is C19H16N2OS2. The number of carbonyl (C=O) groups is 1. The number of carbonyl (C=O) groups excluding carboxylic acids is 1. The van der Waals surface area contributed by atoms with Gasteiger partial charge in [-0.2, -0.15) is 10.1 Å². The van der Waals surface area contributed by atoms with Crippen molar-refractivity contribution in [1.82, 2.24) is 5.01 Å². The maximum absolute atomic E-state index is 12.5. The molecule has 0 aliphatic carbocycles. The largest absolute Gasteiger partial charge is 0.286 e. The Morgan fingerprint density at radius 3 is 2.46 bits per heavy atom. The van der Waals surface area contributed by atoms with E-state index >= 15 is 0 Å². The van der Waals surface area contributed by atoms with E-state index in [1.165, 1.54) is 22.3 Å². The quantitative estimate of drug-likeness (QED) is 0.462. The molecule has 2 aromatic carbocycles. The van der Waals surface area contributed by atoms with Gasteiger partial charge in [0.25, 0.3) is 5.91 Å². The molecule has 0 spiro atoms. The highest BCUT2D eigenvalue weighted by Crippen LogP contribution is 2.32. The lowest BCUT2D eigenvalue weighted by Crippen LogP contribution is -2.22. The number of benzene rings is 2. The minimum Gasteiger partial charge on any atom is -0.266 e. The van der Waals surface area contributed by atoms with Crippen LogP contribution in [0, 0.1) is 0 Å². The molecule has 5 heteroatoms. The third-order valence-corrected chi connectivity index (χ3v) is 4.86. The van der Waals surface area contributed by atoms with Crippen LogP contribution in [0.2, 0.25) is 0 Å². The molecule has 120 valence electrons. The maximum Gasteiger partial charge on any atom is 0.286 e. The van der Waals surface area contributed by atoms with Crippen molar-refractivity contribution in [2.24, 2.45) is 5.10 Å². The Balaban J connectivity index is 1.78. The van der Waals surface area contributed by atoms with Crippen LogP contribution in [0.25, 0.3) is 6.08 Å². The summed E-state index contributed by atoms with van der Waals surface area (Å²) in [5.41, 5.74) is 3.18. The van der Waals surface area contributed by atoms with Gasteiger partial charge in [0.05, 0.1) is 11.1 Å². The standard InChI is InChI=1S/C19H16N2OS2/c1-2-14-8-10-15(11-9-14)12-17-18(22)21(19(23)24-17)20-13-16-6-4-3-5-7-16/h3-13H,2H2,1H3/b17-12+,20-13+. The van der Waals surface area contributed by atoms with Crippen molar-refractivity contribution >= 4 is 46.5 Å². The minimum atomic E-state index is -0.184. The van der Waals surface area contributed by atoms with Gasteiger partial charge in [0.15, 0.2) is 4.32 Å². The number of rotatable bonds is 4. The molecule has 1 fully saturated rings. The van der Waals surface area contributed by atoms with E-state index in [2.05, 4.69) is 24.2 Å². The van der Waals surface area contributed by atoms with E-state index in [9.17, 15) is 4.79 Å². The normalized spacial score (nSPS) is 16.5. The molecule has 1 amide bonds. The summed E-state index contributed by atoms with van der Waals surface area (Å²) in [6.45, 7) is 2.12. The van der Waals surface area contributed by atoms with Crippen LogP contribution < -0.4 is 0 Å². The monoisotopic (exact) mass is 352 g/mol. The van der Waals surface area contributed by atoms with Gasteiger partial charge in [-0.05, 0) is 41.4 Å². The van der Waals surface area contributed by atoms with Crippen LogP contribution >= 0.6 is 24.0 Å². The number of nitrogens with zero attached hydrogens (tertiary/aromatic N) is 2. The molecule has 1 aliphatic heterocycles. The van der Waals surface area contributed by atoms with Gasteiger partial charge < -0.3 is 0 Å². The van der Waals surface area contributed by atoms with Crippen molar-refractivity contribution in [1.29, 1.82) is 0 Å². The third kappa shape index (κ3) is 3.80. The molecule has 1 aliphatic rings. The highest BCUT2D eigenvalue weighted by Gasteiger charge is 2.31. The fourth-order valence-electron chi connectivity index (χ4n) is 2.22. The maximum atomic E-state index is 12.5. The summed E-state index contributed by atoms with van der Waals surface area (Å²) < 4.78 is 0.448. The highest BCUT2D eigenvalue weighted by molar-refractivity contribution is 8.26. The van der Waals surface area contributed by atoms with E-state index in [1.54, 1.807) is 6.21 Å². The van der Waals surface area contributed by atoms with Gasteiger partial charge >= 0.3 is 0 Å². The van der Waals surface area contributed by atoms with E-state index in [1.807, 2.05) is 48.5 Å². The fourth-order valence-corrected chi connectivity index (χ4v) is 3.40. The molecule has 0 bridgehead atoms. The van der Waals surface area contributed by atoms with Crippen molar-refractivity contribution in [3.05, 3.63) is 76.2 Å². The number of thioether (sulfide) groups is 1. The molecule has 24 heavy (non-hydrogen) atoms. The van der Waals surface area contributed by atoms with Crippen LogP contribution in [0.3, 0.4) is 0 Å². The van der Waals surface area contributed by atoms with E-state index in [4.69, 9.17) is 12.2 Å². The third-order valence-electron chi connectivity index (χ3n) is 3.58. The second-order valence-corrected chi connectivity index (χ2v) is 6.92. The van der Waals surface area contributed by atoms with Crippen molar-refractivity contribution in [2.45, 2.75) is 13.3 Å². The van der Waals surface area contributed by atoms with Gasteiger partial charge in [0, 0.05) is 0 Å². The first-order valence-electron chi connectivity index (χ1n) is 7.63. The van der Waals surface area contributed by atoms with Crippen LogP contribution in [0.5, 0.6) is 0 Å². The minimum absolute atomic E-state index is 0.184. The molecular weight excluding hydrogens is 336 g/mol. The Bertz CT molecular complexity index is 811. The lowest BCUT2D eigenvalue weighted by atomic mass is 10.1. The second-order valence-electron chi connectivity index (χ2n) is 5.24. The first kappa shape index (κ1) is 16.6. The molecule has 0 atom stereocenters. The molecule has 3 rings (SSSR count). The smallest absolute Gasteiger partial charge is 0.266 e. The van der Waals surface area contributed by atoms with Crippen molar-refractivity contribution in [3.63, 3.8) is 0 Å². The second kappa shape index (κ2) is 7.55. The zero-order valence-corrected chi connectivity index (χ0v) is 14.8. The number of hydrazone groups is 1. The number of thiocarbonyl (C=S) groups is 1. The average Bonchev–Trinajstić information content (AvgIpc) is 2.88. The summed E-state index contributed by atoms with van der Waals surface area (Å²) in [6.07, 6.45) is 4.50. The van der Waals surface area contributed by atoms with Crippen LogP contribution in [0.4, 0.5) is 0 Å². The number of amides is 1. The van der Waals surface area contributed by atoms with Crippen LogP contribution in [-0.2, 0) is 11.2 Å². The fraction of sp³-hybridized carbons (Fsp3) is 0.105. The molecule has 0 saturated carbocycles. The lowest BCUT2D eigenvalue weighted by molar-refractivity contribution is -0.122. The van der Waals surface area contributed by atoms with Gasteiger partial charge in [-0.25, -0.2) is 0 Å². The first-order valence-corrected chi connectivity index (χ1v) is 8.86. The zero-order valence-electron chi connectivity index (χ0n) is 13.2. The molecule has 2 aromatic rings. The predicted octanol–water partition coefficient (Wildman–Crippen LogP) is 4.48. The molecule has 3 nitrogen and oxygen atoms in total. The van der Waals surface area contributed by atoms with E-state index < -0.39 is 0 Å². The Hall–Kier alpha value is -2.24. The van der Waals surface area contributed by atoms with Crippen molar-refractivity contribution < 1.29 is 4.79 Å².